The Kier molecular flexibility index (Phi) is 7.18. The maximum absolute atomic E-state index is 13.2. The number of aromatic nitrogens is 1. The van der Waals surface area contributed by atoms with Crippen LogP contribution in [0.1, 0.15) is 33.1 Å². The van der Waals surface area contributed by atoms with Crippen LogP contribution in [0.25, 0.3) is 11.1 Å². The second kappa shape index (κ2) is 9.77. The molecule has 1 heterocycles. The van der Waals surface area contributed by atoms with Crippen LogP contribution in [0.15, 0.2) is 67.0 Å². The molecule has 0 radical (unpaired) electrons. The molecule has 0 saturated heterocycles. The van der Waals surface area contributed by atoms with E-state index in [1.165, 1.54) is 50.8 Å². The van der Waals surface area contributed by atoms with Crippen LogP contribution >= 0.6 is 0 Å². The van der Waals surface area contributed by atoms with Crippen molar-refractivity contribution in [2.45, 2.75) is 18.4 Å². The molecule has 3 rings (SSSR count). The summed E-state index contributed by atoms with van der Waals surface area (Å²) in [6, 6.07) is 7.92. The lowest BCUT2D eigenvalue weighted by Gasteiger charge is -2.23. The van der Waals surface area contributed by atoms with Gasteiger partial charge in [-0.15, -0.1) is 0 Å². The highest BCUT2D eigenvalue weighted by molar-refractivity contribution is 6.02. The average molecular weight is 495 g/mol. The summed E-state index contributed by atoms with van der Waals surface area (Å²) in [5, 5.41) is 2.45. The number of nitrogens with one attached hydrogen (secondary N) is 1. The van der Waals surface area contributed by atoms with Gasteiger partial charge in [-0.3, -0.25) is 14.6 Å². The van der Waals surface area contributed by atoms with Crippen molar-refractivity contribution in [1.82, 2.24) is 15.2 Å². The fourth-order valence-electron chi connectivity index (χ4n) is 3.31. The van der Waals surface area contributed by atoms with Gasteiger partial charge in [0.25, 0.3) is 5.91 Å². The Balaban J connectivity index is 1.98. The number of pyridine rings is 1. The van der Waals surface area contributed by atoms with E-state index in [0.717, 1.165) is 35.2 Å². The van der Waals surface area contributed by atoms with Crippen molar-refractivity contribution in [3.05, 3.63) is 89.2 Å². The second-order valence-corrected chi connectivity index (χ2v) is 7.76. The third-order valence-electron chi connectivity index (χ3n) is 5.10. The summed E-state index contributed by atoms with van der Waals surface area (Å²) in [4.78, 5) is 30.9. The quantitative estimate of drug-likeness (QED) is 0.486. The molecule has 1 N–H and O–H groups in total. The van der Waals surface area contributed by atoms with Crippen molar-refractivity contribution < 1.29 is 35.9 Å². The molecule has 0 bridgehead atoms. The van der Waals surface area contributed by atoms with Crippen molar-refractivity contribution in [1.29, 1.82) is 0 Å². The van der Waals surface area contributed by atoms with E-state index in [1.54, 1.807) is 0 Å². The number of amides is 2. The van der Waals surface area contributed by atoms with Crippen LogP contribution in [0.3, 0.4) is 0 Å². The van der Waals surface area contributed by atoms with Gasteiger partial charge in [-0.2, -0.15) is 26.3 Å². The Bertz CT molecular complexity index is 1220. The lowest BCUT2D eigenvalue weighted by atomic mass is 9.98. The maximum atomic E-state index is 13.2. The molecule has 0 saturated carbocycles. The standard InChI is InChI=1S/C24H19F6N3O2/c1-33(2)22(35)20(15-4-3-5-17(12-15)24(28,29)30)32-21(34)18-10-11-31-13-19(18)14-6-8-16(9-7-14)23(25,26)27/h3-13,20H,1-2H3,(H,32,34)/t20-/m0/s1. The van der Waals surface area contributed by atoms with Crippen molar-refractivity contribution in [3.63, 3.8) is 0 Å². The van der Waals surface area contributed by atoms with Crippen molar-refractivity contribution in [3.8, 4) is 11.1 Å². The molecule has 0 spiro atoms. The van der Waals surface area contributed by atoms with E-state index in [2.05, 4.69) is 10.3 Å². The maximum Gasteiger partial charge on any atom is 0.416 e. The number of rotatable bonds is 5. The van der Waals surface area contributed by atoms with E-state index in [-0.39, 0.29) is 22.3 Å². The first-order valence-corrected chi connectivity index (χ1v) is 10.1. The van der Waals surface area contributed by atoms with Crippen LogP contribution in [0, 0.1) is 0 Å². The van der Waals surface area contributed by atoms with Gasteiger partial charge < -0.3 is 10.2 Å². The van der Waals surface area contributed by atoms with Crippen molar-refractivity contribution in [2.75, 3.05) is 14.1 Å². The van der Waals surface area contributed by atoms with Gasteiger partial charge in [0.2, 0.25) is 5.91 Å². The molecule has 2 aromatic carbocycles. The van der Waals surface area contributed by atoms with Gasteiger partial charge in [0, 0.05) is 32.1 Å². The fraction of sp³-hybridized carbons (Fsp3) is 0.208. The molecule has 0 aliphatic heterocycles. The first-order chi connectivity index (χ1) is 16.3. The third-order valence-corrected chi connectivity index (χ3v) is 5.10. The number of nitrogens with zero attached hydrogens (tertiary/aromatic N) is 2. The normalized spacial score (nSPS) is 12.7. The number of carbonyl (C=O) groups excluding carboxylic acids is 2. The zero-order valence-corrected chi connectivity index (χ0v) is 18.4. The van der Waals surface area contributed by atoms with Crippen LogP contribution in [0.4, 0.5) is 26.3 Å². The van der Waals surface area contributed by atoms with Gasteiger partial charge in [0.1, 0.15) is 6.04 Å². The summed E-state index contributed by atoms with van der Waals surface area (Å²) in [6.07, 6.45) is -6.66. The lowest BCUT2D eigenvalue weighted by molar-refractivity contribution is -0.138. The first-order valence-electron chi connectivity index (χ1n) is 10.1. The molecule has 184 valence electrons. The number of benzene rings is 2. The lowest BCUT2D eigenvalue weighted by Crippen LogP contribution is -2.40. The third kappa shape index (κ3) is 5.97. The molecular weight excluding hydrogens is 476 g/mol. The summed E-state index contributed by atoms with van der Waals surface area (Å²) in [5.41, 5.74) is -1.54. The minimum atomic E-state index is -4.66. The van der Waals surface area contributed by atoms with E-state index in [4.69, 9.17) is 0 Å². The van der Waals surface area contributed by atoms with Gasteiger partial charge in [0.15, 0.2) is 0 Å². The number of hydrogen-bond acceptors (Lipinski definition) is 3. The molecule has 0 unspecified atom stereocenters. The minimum Gasteiger partial charge on any atom is -0.347 e. The molecule has 3 aromatic rings. The Hall–Kier alpha value is -3.89. The van der Waals surface area contributed by atoms with Gasteiger partial charge in [-0.05, 0) is 41.5 Å². The topological polar surface area (TPSA) is 62.3 Å². The Labute approximate surface area is 196 Å². The molecule has 1 aromatic heterocycles. The number of carbonyl (C=O) groups is 2. The summed E-state index contributed by atoms with van der Waals surface area (Å²) in [7, 11) is 2.77. The van der Waals surface area contributed by atoms with Gasteiger partial charge >= 0.3 is 12.4 Å². The number of hydrogen-bond donors (Lipinski definition) is 1. The fourth-order valence-corrected chi connectivity index (χ4v) is 3.31. The van der Waals surface area contributed by atoms with E-state index >= 15 is 0 Å². The van der Waals surface area contributed by atoms with Crippen LogP contribution in [-0.2, 0) is 17.1 Å². The summed E-state index contributed by atoms with van der Waals surface area (Å²) in [6.45, 7) is 0. The van der Waals surface area contributed by atoms with E-state index in [0.29, 0.717) is 0 Å². The zero-order chi connectivity index (χ0) is 26.0. The van der Waals surface area contributed by atoms with Crippen molar-refractivity contribution >= 4 is 11.8 Å². The highest BCUT2D eigenvalue weighted by Crippen LogP contribution is 2.33. The van der Waals surface area contributed by atoms with Crippen LogP contribution < -0.4 is 5.32 Å². The summed E-state index contributed by atoms with van der Waals surface area (Å²) >= 11 is 0. The molecule has 0 aliphatic rings. The number of likely N-dealkylation sites (N-methyl/N-ethyl adjacent to an activating group) is 1. The molecule has 5 nitrogen and oxygen atoms in total. The monoisotopic (exact) mass is 495 g/mol. The predicted molar refractivity (Wildman–Crippen MR) is 115 cm³/mol. The van der Waals surface area contributed by atoms with E-state index < -0.39 is 41.3 Å². The smallest absolute Gasteiger partial charge is 0.347 e. The van der Waals surface area contributed by atoms with Crippen LogP contribution in [0.2, 0.25) is 0 Å². The van der Waals surface area contributed by atoms with Crippen LogP contribution in [-0.4, -0.2) is 35.8 Å². The molecule has 35 heavy (non-hydrogen) atoms. The Morgan fingerprint density at radius 2 is 1.51 bits per heavy atom. The Morgan fingerprint density at radius 3 is 2.09 bits per heavy atom. The van der Waals surface area contributed by atoms with E-state index in [9.17, 15) is 35.9 Å². The first kappa shape index (κ1) is 25.7. The van der Waals surface area contributed by atoms with Gasteiger partial charge in [-0.1, -0.05) is 24.3 Å². The second-order valence-electron chi connectivity index (χ2n) is 7.76. The highest BCUT2D eigenvalue weighted by Gasteiger charge is 2.33. The molecule has 11 heteroatoms. The molecular formula is C24H19F6N3O2. The molecule has 2 amide bonds. The Morgan fingerprint density at radius 1 is 0.886 bits per heavy atom. The molecule has 0 fully saturated rings. The molecule has 1 atom stereocenters. The SMILES string of the molecule is CN(C)C(=O)[C@@H](NC(=O)c1ccncc1-c1ccc(C(F)(F)F)cc1)c1cccc(C(F)(F)F)c1. The average Bonchev–Trinajstić information content (AvgIpc) is 2.81. The number of halogens is 6. The number of alkyl halides is 6. The van der Waals surface area contributed by atoms with Gasteiger partial charge in [-0.25, -0.2) is 0 Å². The highest BCUT2D eigenvalue weighted by atomic mass is 19.4. The predicted octanol–water partition coefficient (Wildman–Crippen LogP) is 5.35. The largest absolute Gasteiger partial charge is 0.416 e. The van der Waals surface area contributed by atoms with Crippen molar-refractivity contribution in [2.24, 2.45) is 0 Å². The zero-order valence-electron chi connectivity index (χ0n) is 18.4. The minimum absolute atomic E-state index is 0.0247. The summed E-state index contributed by atoms with van der Waals surface area (Å²) in [5.74, 6) is -1.50. The molecule has 0 aliphatic carbocycles. The van der Waals surface area contributed by atoms with Gasteiger partial charge in [0.05, 0.1) is 16.7 Å². The van der Waals surface area contributed by atoms with Crippen LogP contribution in [0.5, 0.6) is 0 Å². The van der Waals surface area contributed by atoms with E-state index in [1.807, 2.05) is 0 Å². The summed E-state index contributed by atoms with van der Waals surface area (Å²) < 4.78 is 78.3.